The second-order valence-corrected chi connectivity index (χ2v) is 5.23. The van der Waals surface area contributed by atoms with E-state index in [0.717, 1.165) is 31.9 Å². The first-order chi connectivity index (χ1) is 6.01. The van der Waals surface area contributed by atoms with Crippen molar-refractivity contribution in [2.24, 2.45) is 5.92 Å². The fourth-order valence-electron chi connectivity index (χ4n) is 1.66. The molecule has 0 aromatic rings. The first-order valence-corrected chi connectivity index (χ1v) is 6.32. The maximum absolute atomic E-state index is 10.8. The van der Waals surface area contributed by atoms with Crippen molar-refractivity contribution < 1.29 is 17.7 Å². The summed E-state index contributed by atoms with van der Waals surface area (Å²) in [5.74, 6) is 0.333. The van der Waals surface area contributed by atoms with Crippen LogP contribution in [0.5, 0.6) is 0 Å². The van der Waals surface area contributed by atoms with E-state index in [0.29, 0.717) is 5.92 Å². The second kappa shape index (κ2) is 4.39. The molecule has 1 saturated carbocycles. The Morgan fingerprint density at radius 2 is 1.85 bits per heavy atom. The van der Waals surface area contributed by atoms with E-state index in [1.165, 1.54) is 0 Å². The lowest BCUT2D eigenvalue weighted by molar-refractivity contribution is 0.109. The molecule has 0 aliphatic heterocycles. The average molecular weight is 208 g/mol. The summed E-state index contributed by atoms with van der Waals surface area (Å²) in [5.41, 5.74) is 0. The van der Waals surface area contributed by atoms with Crippen molar-refractivity contribution in [3.8, 4) is 0 Å². The van der Waals surface area contributed by atoms with Crippen molar-refractivity contribution in [3.05, 3.63) is 0 Å². The molecule has 5 heteroatoms. The Morgan fingerprint density at radius 3 is 2.23 bits per heavy atom. The molecule has 1 rings (SSSR count). The van der Waals surface area contributed by atoms with Gasteiger partial charge in [-0.25, -0.2) is 0 Å². The fourth-order valence-corrected chi connectivity index (χ4v) is 2.34. The molecule has 0 spiro atoms. The van der Waals surface area contributed by atoms with Crippen LogP contribution in [0.3, 0.4) is 0 Å². The number of aliphatic hydroxyl groups is 1. The first kappa shape index (κ1) is 10.9. The van der Waals surface area contributed by atoms with Crippen LogP contribution in [0.25, 0.3) is 0 Å². The molecule has 0 aromatic heterocycles. The van der Waals surface area contributed by atoms with Crippen LogP contribution in [0.1, 0.15) is 25.7 Å². The Morgan fingerprint density at radius 1 is 1.31 bits per heavy atom. The molecule has 13 heavy (non-hydrogen) atoms. The van der Waals surface area contributed by atoms with Crippen LogP contribution >= 0.6 is 0 Å². The third-order valence-corrected chi connectivity index (χ3v) is 2.98. The van der Waals surface area contributed by atoms with Crippen LogP contribution in [0.15, 0.2) is 0 Å². The van der Waals surface area contributed by atoms with Gasteiger partial charge in [-0.15, -0.1) is 0 Å². The summed E-state index contributed by atoms with van der Waals surface area (Å²) in [6.45, 7) is 0.200. The monoisotopic (exact) mass is 208 g/mol. The molecule has 1 N–H and O–H groups in total. The molecule has 0 unspecified atom stereocenters. The van der Waals surface area contributed by atoms with Crippen LogP contribution in [0.2, 0.25) is 0 Å². The Kier molecular flexibility index (Phi) is 3.70. The minimum Gasteiger partial charge on any atom is -0.396 e. The van der Waals surface area contributed by atoms with Crippen LogP contribution < -0.4 is 0 Å². The highest BCUT2D eigenvalue weighted by molar-refractivity contribution is 7.86. The zero-order valence-electron chi connectivity index (χ0n) is 7.77. The van der Waals surface area contributed by atoms with Crippen molar-refractivity contribution in [3.63, 3.8) is 0 Å². The second-order valence-electron chi connectivity index (χ2n) is 3.63. The quantitative estimate of drug-likeness (QED) is 0.686. The molecule has 0 aromatic carbocycles. The van der Waals surface area contributed by atoms with Gasteiger partial charge in [0.05, 0.1) is 12.4 Å². The Hall–Kier alpha value is -0.130. The average Bonchev–Trinajstić information content (AvgIpc) is 2.03. The normalized spacial score (nSPS) is 30.3. The Balaban J connectivity index is 2.33. The minimum atomic E-state index is -3.31. The summed E-state index contributed by atoms with van der Waals surface area (Å²) in [7, 11) is -3.31. The number of rotatable bonds is 3. The summed E-state index contributed by atoms with van der Waals surface area (Å²) < 4.78 is 26.4. The van der Waals surface area contributed by atoms with E-state index in [9.17, 15) is 8.42 Å². The van der Waals surface area contributed by atoms with E-state index < -0.39 is 10.1 Å². The zero-order chi connectivity index (χ0) is 9.90. The van der Waals surface area contributed by atoms with Crippen LogP contribution in [0.4, 0.5) is 0 Å². The van der Waals surface area contributed by atoms with Crippen LogP contribution in [-0.2, 0) is 14.3 Å². The molecule has 1 aliphatic carbocycles. The van der Waals surface area contributed by atoms with Gasteiger partial charge in [-0.3, -0.25) is 4.18 Å². The lowest BCUT2D eigenvalue weighted by Crippen LogP contribution is -2.25. The van der Waals surface area contributed by atoms with E-state index in [2.05, 4.69) is 0 Å². The van der Waals surface area contributed by atoms with E-state index in [-0.39, 0.29) is 12.7 Å². The van der Waals surface area contributed by atoms with Gasteiger partial charge in [-0.05, 0) is 31.6 Å². The largest absolute Gasteiger partial charge is 0.396 e. The SMILES string of the molecule is CS(=O)(=O)OC1CCC(CO)CC1. The number of hydrogen-bond acceptors (Lipinski definition) is 4. The third kappa shape index (κ3) is 4.06. The Bertz CT molecular complexity index is 239. The summed E-state index contributed by atoms with van der Waals surface area (Å²) in [6, 6.07) is 0. The molecule has 1 aliphatic rings. The fraction of sp³-hybridized carbons (Fsp3) is 1.00. The first-order valence-electron chi connectivity index (χ1n) is 4.50. The standard InChI is InChI=1S/C8H16O4S/c1-13(10,11)12-8-4-2-7(6-9)3-5-8/h7-9H,2-6H2,1H3. The van der Waals surface area contributed by atoms with Gasteiger partial charge in [-0.1, -0.05) is 0 Å². The highest BCUT2D eigenvalue weighted by Crippen LogP contribution is 2.26. The van der Waals surface area contributed by atoms with Gasteiger partial charge in [0.15, 0.2) is 0 Å². The molecule has 0 amide bonds. The van der Waals surface area contributed by atoms with Crippen molar-refractivity contribution in [2.45, 2.75) is 31.8 Å². The highest BCUT2D eigenvalue weighted by atomic mass is 32.2. The van der Waals surface area contributed by atoms with Gasteiger partial charge < -0.3 is 5.11 Å². The molecule has 4 nitrogen and oxygen atoms in total. The molecular formula is C8H16O4S. The summed E-state index contributed by atoms with van der Waals surface area (Å²) >= 11 is 0. The van der Waals surface area contributed by atoms with Crippen molar-refractivity contribution in [1.29, 1.82) is 0 Å². The van der Waals surface area contributed by atoms with Crippen molar-refractivity contribution in [2.75, 3.05) is 12.9 Å². The van der Waals surface area contributed by atoms with Gasteiger partial charge in [0, 0.05) is 6.61 Å². The highest BCUT2D eigenvalue weighted by Gasteiger charge is 2.23. The Labute approximate surface area is 79.0 Å². The van der Waals surface area contributed by atoms with Gasteiger partial charge in [-0.2, -0.15) is 8.42 Å². The molecule has 0 bridgehead atoms. The van der Waals surface area contributed by atoms with E-state index in [1.807, 2.05) is 0 Å². The smallest absolute Gasteiger partial charge is 0.264 e. The minimum absolute atomic E-state index is 0.169. The third-order valence-electron chi connectivity index (χ3n) is 2.36. The van der Waals surface area contributed by atoms with Gasteiger partial charge in [0.25, 0.3) is 10.1 Å². The topological polar surface area (TPSA) is 63.6 Å². The van der Waals surface area contributed by atoms with Crippen molar-refractivity contribution >= 4 is 10.1 Å². The summed E-state index contributed by atoms with van der Waals surface area (Å²) in [4.78, 5) is 0. The molecule has 0 radical (unpaired) electrons. The van der Waals surface area contributed by atoms with Gasteiger partial charge in [0.2, 0.25) is 0 Å². The molecule has 1 fully saturated rings. The predicted molar refractivity (Wildman–Crippen MR) is 48.8 cm³/mol. The lowest BCUT2D eigenvalue weighted by Gasteiger charge is -2.26. The number of hydrogen-bond donors (Lipinski definition) is 1. The molecule has 78 valence electrons. The molecule has 0 saturated heterocycles. The van der Waals surface area contributed by atoms with Gasteiger partial charge >= 0.3 is 0 Å². The van der Waals surface area contributed by atoms with E-state index >= 15 is 0 Å². The molecule has 0 heterocycles. The maximum Gasteiger partial charge on any atom is 0.264 e. The molecular weight excluding hydrogens is 192 g/mol. The summed E-state index contributed by atoms with van der Waals surface area (Å²) in [5, 5.41) is 8.85. The van der Waals surface area contributed by atoms with E-state index in [4.69, 9.17) is 9.29 Å². The summed E-state index contributed by atoms with van der Waals surface area (Å²) in [6.07, 6.45) is 4.09. The molecule has 0 atom stereocenters. The zero-order valence-corrected chi connectivity index (χ0v) is 8.59. The maximum atomic E-state index is 10.8. The lowest BCUT2D eigenvalue weighted by atomic mass is 9.88. The predicted octanol–water partition coefficient (Wildman–Crippen LogP) is 0.514. The van der Waals surface area contributed by atoms with Crippen LogP contribution in [-0.4, -0.2) is 32.5 Å². The van der Waals surface area contributed by atoms with Crippen LogP contribution in [0, 0.1) is 5.92 Å². The van der Waals surface area contributed by atoms with E-state index in [1.54, 1.807) is 0 Å². The van der Waals surface area contributed by atoms with Gasteiger partial charge in [0.1, 0.15) is 0 Å². The van der Waals surface area contributed by atoms with Crippen molar-refractivity contribution in [1.82, 2.24) is 0 Å². The number of aliphatic hydroxyl groups excluding tert-OH is 1.